The van der Waals surface area contributed by atoms with Crippen molar-refractivity contribution in [3.63, 3.8) is 0 Å². The van der Waals surface area contributed by atoms with Crippen LogP contribution in [0.1, 0.15) is 55.5 Å². The molecule has 1 rings (SSSR count). The summed E-state index contributed by atoms with van der Waals surface area (Å²) in [7, 11) is 0. The van der Waals surface area contributed by atoms with Crippen LogP contribution in [0.4, 0.5) is 11.4 Å². The molecular weight excluding hydrogens is 272 g/mol. The van der Waals surface area contributed by atoms with Gasteiger partial charge in [0.25, 0.3) is 5.69 Å². The van der Waals surface area contributed by atoms with Gasteiger partial charge < -0.3 is 10.4 Å². The average Bonchev–Trinajstić information content (AvgIpc) is 2.40. The van der Waals surface area contributed by atoms with Crippen molar-refractivity contribution < 1.29 is 14.8 Å². The fourth-order valence-corrected chi connectivity index (χ4v) is 2.20. The minimum absolute atomic E-state index is 0.0736. The van der Waals surface area contributed by atoms with Crippen LogP contribution in [0, 0.1) is 17.0 Å². The third-order valence-corrected chi connectivity index (χ3v) is 3.47. The van der Waals surface area contributed by atoms with Crippen LogP contribution in [0.15, 0.2) is 12.1 Å². The molecule has 0 aliphatic rings. The van der Waals surface area contributed by atoms with Crippen LogP contribution in [-0.2, 0) is 0 Å². The molecule has 1 atom stereocenters. The van der Waals surface area contributed by atoms with Crippen LogP contribution >= 0.6 is 0 Å². The largest absolute Gasteiger partial charge is 0.478 e. The van der Waals surface area contributed by atoms with Gasteiger partial charge in [0.15, 0.2) is 0 Å². The maximum Gasteiger partial charge on any atom is 0.336 e. The monoisotopic (exact) mass is 294 g/mol. The molecular formula is C15H22N2O4. The fourth-order valence-electron chi connectivity index (χ4n) is 2.20. The number of aromatic carboxylic acids is 1. The van der Waals surface area contributed by atoms with Crippen molar-refractivity contribution in [2.45, 2.75) is 52.5 Å². The van der Waals surface area contributed by atoms with Crippen LogP contribution in [0.3, 0.4) is 0 Å². The highest BCUT2D eigenvalue weighted by Crippen LogP contribution is 2.28. The van der Waals surface area contributed by atoms with Gasteiger partial charge in [-0.15, -0.1) is 0 Å². The van der Waals surface area contributed by atoms with Crippen LogP contribution in [-0.4, -0.2) is 22.0 Å². The van der Waals surface area contributed by atoms with Crippen LogP contribution in [0.25, 0.3) is 0 Å². The minimum Gasteiger partial charge on any atom is -0.478 e. The number of rotatable bonds is 8. The van der Waals surface area contributed by atoms with Gasteiger partial charge in [0.1, 0.15) is 0 Å². The highest BCUT2D eigenvalue weighted by Gasteiger charge is 2.19. The number of benzene rings is 1. The van der Waals surface area contributed by atoms with Crippen LogP contribution < -0.4 is 5.32 Å². The topological polar surface area (TPSA) is 92.5 Å². The predicted molar refractivity (Wildman–Crippen MR) is 82.0 cm³/mol. The first-order valence-corrected chi connectivity index (χ1v) is 7.15. The number of nitro benzene ring substituents is 1. The molecule has 0 saturated carbocycles. The summed E-state index contributed by atoms with van der Waals surface area (Å²) in [6.45, 7) is 5.75. The maximum atomic E-state index is 11.1. The molecule has 0 aliphatic carbocycles. The Kier molecular flexibility index (Phi) is 6.14. The van der Waals surface area contributed by atoms with Crippen molar-refractivity contribution in [1.82, 2.24) is 0 Å². The maximum absolute atomic E-state index is 11.1. The van der Waals surface area contributed by atoms with Gasteiger partial charge in [0.2, 0.25) is 0 Å². The predicted octanol–water partition coefficient (Wildman–Crippen LogP) is 3.98. The Hall–Kier alpha value is -2.11. The Morgan fingerprint density at radius 1 is 1.43 bits per heavy atom. The molecule has 0 fully saturated rings. The smallest absolute Gasteiger partial charge is 0.336 e. The zero-order valence-electron chi connectivity index (χ0n) is 12.7. The molecule has 0 saturated heterocycles. The molecule has 0 spiro atoms. The summed E-state index contributed by atoms with van der Waals surface area (Å²) in [6, 6.07) is 2.70. The van der Waals surface area contributed by atoms with Gasteiger partial charge in [0.05, 0.1) is 10.5 Å². The lowest BCUT2D eigenvalue weighted by Gasteiger charge is -2.17. The Morgan fingerprint density at radius 3 is 2.62 bits per heavy atom. The van der Waals surface area contributed by atoms with Gasteiger partial charge in [0, 0.05) is 23.4 Å². The lowest BCUT2D eigenvalue weighted by molar-refractivity contribution is -0.385. The van der Waals surface area contributed by atoms with Gasteiger partial charge in [-0.3, -0.25) is 10.1 Å². The van der Waals surface area contributed by atoms with Crippen molar-refractivity contribution in [3.05, 3.63) is 33.4 Å². The zero-order chi connectivity index (χ0) is 16.0. The summed E-state index contributed by atoms with van der Waals surface area (Å²) >= 11 is 0. The number of hydrogen-bond donors (Lipinski definition) is 2. The third-order valence-electron chi connectivity index (χ3n) is 3.47. The van der Waals surface area contributed by atoms with Crippen molar-refractivity contribution in [2.75, 3.05) is 5.32 Å². The number of nitrogens with zero attached hydrogens (tertiary/aromatic N) is 1. The number of nitrogens with one attached hydrogen (secondary N) is 1. The van der Waals surface area contributed by atoms with Gasteiger partial charge in [-0.1, -0.05) is 26.2 Å². The Balaban J connectivity index is 2.99. The molecule has 0 amide bonds. The van der Waals surface area contributed by atoms with Crippen LogP contribution in [0.2, 0.25) is 0 Å². The van der Waals surface area contributed by atoms with E-state index in [2.05, 4.69) is 12.2 Å². The summed E-state index contributed by atoms with van der Waals surface area (Å²) in [6.07, 6.45) is 4.29. The standard InChI is InChI=1S/C15H22N2O4/c1-4-5-6-7-10(2)16-13-8-12(15(18)19)9-14(11(13)3)17(20)21/h8-10,16H,4-7H2,1-3H3,(H,18,19). The van der Waals surface area contributed by atoms with Gasteiger partial charge in [-0.25, -0.2) is 4.79 Å². The zero-order valence-corrected chi connectivity index (χ0v) is 12.7. The molecule has 0 aliphatic heterocycles. The number of unbranched alkanes of at least 4 members (excludes halogenated alkanes) is 2. The number of carboxylic acids is 1. The Labute approximate surface area is 124 Å². The van der Waals surface area contributed by atoms with E-state index in [4.69, 9.17) is 5.11 Å². The average molecular weight is 294 g/mol. The van der Waals surface area contributed by atoms with E-state index >= 15 is 0 Å². The molecule has 2 N–H and O–H groups in total. The van der Waals surface area contributed by atoms with Gasteiger partial charge >= 0.3 is 5.97 Å². The highest BCUT2D eigenvalue weighted by atomic mass is 16.6. The first kappa shape index (κ1) is 16.9. The third kappa shape index (κ3) is 4.73. The highest BCUT2D eigenvalue weighted by molar-refractivity contribution is 5.90. The van der Waals surface area contributed by atoms with Crippen molar-refractivity contribution >= 4 is 17.3 Å². The second kappa shape index (κ2) is 7.61. The number of hydrogen-bond acceptors (Lipinski definition) is 4. The normalized spacial score (nSPS) is 12.0. The Bertz CT molecular complexity index is 529. The van der Waals surface area contributed by atoms with Crippen molar-refractivity contribution in [1.29, 1.82) is 0 Å². The SMILES string of the molecule is CCCCCC(C)Nc1cc(C(=O)O)cc([N+](=O)[O-])c1C. The van der Waals surface area contributed by atoms with E-state index in [1.54, 1.807) is 6.92 Å². The number of carboxylic acid groups (broad SMARTS) is 1. The first-order chi connectivity index (χ1) is 9.86. The summed E-state index contributed by atoms with van der Waals surface area (Å²) in [5, 5.41) is 23.3. The second-order valence-electron chi connectivity index (χ2n) is 5.27. The molecule has 1 unspecified atom stereocenters. The lowest BCUT2D eigenvalue weighted by atomic mass is 10.0. The van der Waals surface area contributed by atoms with Crippen molar-refractivity contribution in [2.24, 2.45) is 0 Å². The molecule has 6 nitrogen and oxygen atoms in total. The van der Waals surface area contributed by atoms with E-state index in [0.717, 1.165) is 31.7 Å². The molecule has 1 aromatic rings. The Morgan fingerprint density at radius 2 is 2.10 bits per heavy atom. The molecule has 0 bridgehead atoms. The van der Waals surface area contributed by atoms with Crippen molar-refractivity contribution in [3.8, 4) is 0 Å². The van der Waals surface area contributed by atoms with E-state index in [-0.39, 0.29) is 17.3 Å². The molecule has 0 radical (unpaired) electrons. The first-order valence-electron chi connectivity index (χ1n) is 7.15. The summed E-state index contributed by atoms with van der Waals surface area (Å²) < 4.78 is 0. The molecule has 0 heterocycles. The van der Waals surface area contributed by atoms with E-state index in [9.17, 15) is 14.9 Å². The van der Waals surface area contributed by atoms with E-state index in [1.807, 2.05) is 6.92 Å². The van der Waals surface area contributed by atoms with Gasteiger partial charge in [-0.2, -0.15) is 0 Å². The second-order valence-corrected chi connectivity index (χ2v) is 5.27. The summed E-state index contributed by atoms with van der Waals surface area (Å²) in [5.41, 5.74) is 0.742. The lowest BCUT2D eigenvalue weighted by Crippen LogP contribution is -2.16. The molecule has 0 aromatic heterocycles. The van der Waals surface area contributed by atoms with E-state index < -0.39 is 10.9 Å². The number of anilines is 1. The van der Waals surface area contributed by atoms with E-state index in [0.29, 0.717) is 11.3 Å². The summed E-state index contributed by atoms with van der Waals surface area (Å²) in [5.74, 6) is -1.17. The van der Waals surface area contributed by atoms with E-state index in [1.165, 1.54) is 6.07 Å². The minimum atomic E-state index is -1.17. The van der Waals surface area contributed by atoms with Crippen LogP contribution in [0.5, 0.6) is 0 Å². The molecule has 116 valence electrons. The molecule has 6 heteroatoms. The number of nitro groups is 1. The van der Waals surface area contributed by atoms with Gasteiger partial charge in [-0.05, 0) is 26.3 Å². The fraction of sp³-hybridized carbons (Fsp3) is 0.533. The molecule has 1 aromatic carbocycles. The molecule has 21 heavy (non-hydrogen) atoms. The number of carbonyl (C=O) groups is 1. The quantitative estimate of drug-likeness (QED) is 0.429. The summed E-state index contributed by atoms with van der Waals surface area (Å²) in [4.78, 5) is 21.6.